The molecule has 2 aliphatic heterocycles. The van der Waals surface area contributed by atoms with Crippen molar-refractivity contribution in [2.75, 3.05) is 33.4 Å². The third kappa shape index (κ3) is 3.11. The molecule has 2 N–H and O–H groups in total. The lowest BCUT2D eigenvalue weighted by Gasteiger charge is -2.47. The molecule has 1 aromatic rings. The zero-order chi connectivity index (χ0) is 17.4. The molecule has 2 aliphatic rings. The van der Waals surface area contributed by atoms with Crippen molar-refractivity contribution in [1.29, 1.82) is 0 Å². The Balaban J connectivity index is 1.78. The summed E-state index contributed by atoms with van der Waals surface area (Å²) < 4.78 is 35.5. The van der Waals surface area contributed by atoms with Crippen LogP contribution in [0.5, 0.6) is 0 Å². The molecule has 24 heavy (non-hydrogen) atoms. The number of sulfonamides is 1. The van der Waals surface area contributed by atoms with Crippen molar-refractivity contribution in [3.05, 3.63) is 11.9 Å². The molecular weight excluding hydrogens is 332 g/mol. The number of hydrogen-bond acceptors (Lipinski definition) is 6. The molecule has 2 atom stereocenters. The molecule has 0 aromatic carbocycles. The zero-order valence-corrected chi connectivity index (χ0v) is 15.0. The molecule has 1 saturated heterocycles. The van der Waals surface area contributed by atoms with Crippen molar-refractivity contribution in [1.82, 2.24) is 19.4 Å². The zero-order valence-electron chi connectivity index (χ0n) is 14.2. The van der Waals surface area contributed by atoms with Gasteiger partial charge in [-0.3, -0.25) is 9.58 Å². The fraction of sp³-hybridized carbons (Fsp3) is 0.800. The lowest BCUT2D eigenvalue weighted by atomic mass is 9.96. The van der Waals surface area contributed by atoms with Crippen molar-refractivity contribution in [3.63, 3.8) is 0 Å². The van der Waals surface area contributed by atoms with Gasteiger partial charge in [0.05, 0.1) is 37.3 Å². The van der Waals surface area contributed by atoms with Gasteiger partial charge < -0.3 is 9.84 Å². The Labute approximate surface area is 142 Å². The standard InChI is InChI=1S/C15H26N4O4S/c1-12-8-23-11-15(10-20,18(12)2)9-17-24(21,22)14-7-16-19-6-4-3-5-13(14)19/h7,12,17,20H,3-6,8-11H2,1-2H3/t12-,15+/m1/s1. The largest absolute Gasteiger partial charge is 0.394 e. The molecule has 9 heteroatoms. The molecule has 3 rings (SSSR count). The van der Waals surface area contributed by atoms with Crippen LogP contribution in [0.3, 0.4) is 0 Å². The highest BCUT2D eigenvalue weighted by Gasteiger charge is 2.41. The Kier molecular flexibility index (Phi) is 4.99. The Morgan fingerprint density at radius 2 is 2.29 bits per heavy atom. The topological polar surface area (TPSA) is 96.7 Å². The molecule has 0 bridgehead atoms. The highest BCUT2D eigenvalue weighted by molar-refractivity contribution is 7.89. The Bertz CT molecular complexity index is 690. The molecule has 1 aromatic heterocycles. The number of morpholine rings is 1. The fourth-order valence-electron chi connectivity index (χ4n) is 3.41. The maximum Gasteiger partial charge on any atom is 0.244 e. The van der Waals surface area contributed by atoms with Crippen molar-refractivity contribution in [2.24, 2.45) is 0 Å². The maximum absolute atomic E-state index is 12.7. The Morgan fingerprint density at radius 3 is 3.04 bits per heavy atom. The lowest BCUT2D eigenvalue weighted by Crippen LogP contribution is -2.65. The number of likely N-dealkylation sites (N-methyl/N-ethyl adjacent to an activating group) is 1. The monoisotopic (exact) mass is 358 g/mol. The van der Waals surface area contributed by atoms with Crippen molar-refractivity contribution in [3.8, 4) is 0 Å². The smallest absolute Gasteiger partial charge is 0.244 e. The van der Waals surface area contributed by atoms with E-state index in [-0.39, 0.29) is 24.1 Å². The van der Waals surface area contributed by atoms with Crippen molar-refractivity contribution in [2.45, 2.75) is 49.2 Å². The number of fused-ring (bicyclic) bond motifs is 1. The van der Waals surface area contributed by atoms with Crippen LogP contribution in [0.4, 0.5) is 0 Å². The van der Waals surface area contributed by atoms with E-state index in [1.807, 2.05) is 18.9 Å². The van der Waals surface area contributed by atoms with Gasteiger partial charge in [0.15, 0.2) is 0 Å². The molecule has 0 amide bonds. The van der Waals surface area contributed by atoms with E-state index in [0.29, 0.717) is 13.2 Å². The van der Waals surface area contributed by atoms with Crippen LogP contribution in [0.15, 0.2) is 11.1 Å². The maximum atomic E-state index is 12.7. The first-order valence-corrected chi connectivity index (χ1v) is 9.84. The summed E-state index contributed by atoms with van der Waals surface area (Å²) in [6.45, 7) is 3.53. The van der Waals surface area contributed by atoms with Gasteiger partial charge in [0.1, 0.15) is 4.90 Å². The van der Waals surface area contributed by atoms with Gasteiger partial charge >= 0.3 is 0 Å². The SMILES string of the molecule is C[C@@H]1COC[C@@](CO)(CNS(=O)(=O)c2cnn3c2CCCC3)N1C. The van der Waals surface area contributed by atoms with Gasteiger partial charge in [-0.15, -0.1) is 0 Å². The number of rotatable bonds is 5. The first-order chi connectivity index (χ1) is 11.4. The summed E-state index contributed by atoms with van der Waals surface area (Å²) in [6, 6.07) is 0.110. The number of aryl methyl sites for hydroxylation is 1. The summed E-state index contributed by atoms with van der Waals surface area (Å²) in [5.41, 5.74) is 0.0197. The number of hydrogen-bond donors (Lipinski definition) is 2. The molecule has 1 fully saturated rings. The van der Waals surface area contributed by atoms with Crippen LogP contribution in [-0.4, -0.2) is 73.2 Å². The van der Waals surface area contributed by atoms with Gasteiger partial charge in [-0.25, -0.2) is 13.1 Å². The summed E-state index contributed by atoms with van der Waals surface area (Å²) >= 11 is 0. The number of nitrogens with zero attached hydrogens (tertiary/aromatic N) is 3. The summed E-state index contributed by atoms with van der Waals surface area (Å²) in [7, 11) is -1.79. The molecule has 0 saturated carbocycles. The van der Waals surface area contributed by atoms with Gasteiger partial charge in [-0.05, 0) is 33.2 Å². The van der Waals surface area contributed by atoms with Gasteiger partial charge in [-0.2, -0.15) is 5.10 Å². The van der Waals surface area contributed by atoms with Crippen LogP contribution < -0.4 is 4.72 Å². The van der Waals surface area contributed by atoms with Crippen molar-refractivity contribution >= 4 is 10.0 Å². The molecule has 0 spiro atoms. The van der Waals surface area contributed by atoms with E-state index in [9.17, 15) is 13.5 Å². The Morgan fingerprint density at radius 1 is 1.50 bits per heavy atom. The molecule has 136 valence electrons. The second-order valence-corrected chi connectivity index (χ2v) is 8.55. The van der Waals surface area contributed by atoms with E-state index in [1.165, 1.54) is 6.20 Å². The summed E-state index contributed by atoms with van der Waals surface area (Å²) in [5, 5.41) is 14.1. The highest BCUT2D eigenvalue weighted by Crippen LogP contribution is 2.24. The van der Waals surface area contributed by atoms with Crippen LogP contribution in [0.1, 0.15) is 25.5 Å². The lowest BCUT2D eigenvalue weighted by molar-refractivity contribution is -0.104. The minimum absolute atomic E-state index is 0.0945. The summed E-state index contributed by atoms with van der Waals surface area (Å²) in [5.74, 6) is 0. The van der Waals surface area contributed by atoms with Gasteiger partial charge in [0.25, 0.3) is 0 Å². The van der Waals surface area contributed by atoms with Crippen LogP contribution in [0, 0.1) is 0 Å². The minimum Gasteiger partial charge on any atom is -0.394 e. The minimum atomic E-state index is -3.67. The average Bonchev–Trinajstić information content (AvgIpc) is 3.01. The number of aromatic nitrogens is 2. The molecule has 0 aliphatic carbocycles. The highest BCUT2D eigenvalue weighted by atomic mass is 32.2. The number of aliphatic hydroxyl groups is 1. The molecule has 0 radical (unpaired) electrons. The molecular formula is C15H26N4O4S. The van der Waals surface area contributed by atoms with Crippen LogP contribution in [0.25, 0.3) is 0 Å². The van der Waals surface area contributed by atoms with Crippen LogP contribution in [-0.2, 0) is 27.7 Å². The molecule has 3 heterocycles. The quantitative estimate of drug-likeness (QED) is 0.742. The fourth-order valence-corrected chi connectivity index (χ4v) is 4.73. The second kappa shape index (κ2) is 6.72. The summed E-state index contributed by atoms with van der Waals surface area (Å²) in [6.07, 6.45) is 4.15. The third-order valence-electron chi connectivity index (χ3n) is 5.26. The van der Waals surface area contributed by atoms with E-state index in [1.54, 1.807) is 4.68 Å². The second-order valence-electron chi connectivity index (χ2n) is 6.82. The Hall–Kier alpha value is -1.00. The first kappa shape index (κ1) is 17.8. The van der Waals surface area contributed by atoms with Gasteiger partial charge in [0.2, 0.25) is 10.0 Å². The predicted octanol–water partition coefficient (Wildman–Crippen LogP) is -0.421. The van der Waals surface area contributed by atoms with Crippen molar-refractivity contribution < 1.29 is 18.3 Å². The van der Waals surface area contributed by atoms with E-state index < -0.39 is 15.6 Å². The molecule has 0 unspecified atom stereocenters. The van der Waals surface area contributed by atoms with E-state index in [0.717, 1.165) is 31.5 Å². The van der Waals surface area contributed by atoms with Gasteiger partial charge in [-0.1, -0.05) is 0 Å². The van der Waals surface area contributed by atoms with Gasteiger partial charge in [0, 0.05) is 19.1 Å². The third-order valence-corrected chi connectivity index (χ3v) is 6.70. The number of aliphatic hydroxyl groups excluding tert-OH is 1. The first-order valence-electron chi connectivity index (χ1n) is 8.35. The predicted molar refractivity (Wildman–Crippen MR) is 88.2 cm³/mol. The number of ether oxygens (including phenoxy) is 1. The van der Waals surface area contributed by atoms with E-state index in [4.69, 9.17) is 4.74 Å². The van der Waals surface area contributed by atoms with Crippen LogP contribution >= 0.6 is 0 Å². The normalized spacial score (nSPS) is 28.7. The average molecular weight is 358 g/mol. The van der Waals surface area contributed by atoms with E-state index in [2.05, 4.69) is 9.82 Å². The molecule has 8 nitrogen and oxygen atoms in total. The van der Waals surface area contributed by atoms with E-state index >= 15 is 0 Å². The summed E-state index contributed by atoms with van der Waals surface area (Å²) in [4.78, 5) is 2.25. The van der Waals surface area contributed by atoms with Crippen LogP contribution in [0.2, 0.25) is 0 Å². The number of nitrogens with one attached hydrogen (secondary N) is 1.